The fourth-order valence-electron chi connectivity index (χ4n) is 2.11. The molecule has 26 heavy (non-hydrogen) atoms. The molecular formula is C18H23BrN4O3. The van der Waals surface area contributed by atoms with Gasteiger partial charge in [0.25, 0.3) is 0 Å². The molecule has 1 aromatic heterocycles. The molecule has 7 nitrogen and oxygen atoms in total. The van der Waals surface area contributed by atoms with Crippen LogP contribution in [-0.4, -0.2) is 28.5 Å². The van der Waals surface area contributed by atoms with Gasteiger partial charge >= 0.3 is 0 Å². The molecule has 0 fully saturated rings. The first-order chi connectivity index (χ1) is 12.1. The highest BCUT2D eigenvalue weighted by molar-refractivity contribution is 9.10. The average molecular weight is 423 g/mol. The zero-order valence-electron chi connectivity index (χ0n) is 15.4. The van der Waals surface area contributed by atoms with E-state index in [2.05, 4.69) is 36.7 Å². The summed E-state index contributed by atoms with van der Waals surface area (Å²) < 4.78 is 6.09. The summed E-state index contributed by atoms with van der Waals surface area (Å²) in [6.45, 7) is 7.76. The molecule has 0 spiro atoms. The number of amides is 2. The van der Waals surface area contributed by atoms with Crippen molar-refractivity contribution in [3.05, 3.63) is 40.0 Å². The number of carbonyl (C=O) groups excluding carboxylic acids is 2. The Balaban J connectivity index is 1.76. The molecule has 0 atom stereocenters. The Hall–Kier alpha value is -2.22. The molecule has 0 aliphatic heterocycles. The molecule has 2 amide bonds. The first-order valence-corrected chi connectivity index (χ1v) is 9.10. The van der Waals surface area contributed by atoms with E-state index >= 15 is 0 Å². The number of halogens is 1. The minimum absolute atomic E-state index is 0.0919. The first kappa shape index (κ1) is 20.1. The molecule has 0 radical (unpaired) electrons. The lowest BCUT2D eigenvalue weighted by Gasteiger charge is -2.10. The largest absolute Gasteiger partial charge is 0.347 e. The van der Waals surface area contributed by atoms with Crippen LogP contribution in [0.1, 0.15) is 44.5 Å². The fourth-order valence-corrected chi connectivity index (χ4v) is 2.59. The second kappa shape index (κ2) is 8.44. The van der Waals surface area contributed by atoms with Crippen LogP contribution >= 0.6 is 15.9 Å². The predicted molar refractivity (Wildman–Crippen MR) is 102 cm³/mol. The van der Waals surface area contributed by atoms with Gasteiger partial charge < -0.3 is 15.2 Å². The fraction of sp³-hybridized carbons (Fsp3) is 0.444. The Bertz CT molecular complexity index is 796. The van der Waals surface area contributed by atoms with Crippen LogP contribution in [0.5, 0.6) is 0 Å². The Morgan fingerprint density at radius 3 is 2.58 bits per heavy atom. The number of hydrogen-bond acceptors (Lipinski definition) is 5. The van der Waals surface area contributed by atoms with Gasteiger partial charge in [-0.3, -0.25) is 9.59 Å². The van der Waals surface area contributed by atoms with Crippen LogP contribution in [0.15, 0.2) is 27.2 Å². The number of rotatable bonds is 6. The molecule has 0 saturated heterocycles. The van der Waals surface area contributed by atoms with E-state index in [0.717, 1.165) is 10.0 Å². The molecule has 1 aromatic carbocycles. The molecular weight excluding hydrogens is 400 g/mol. The van der Waals surface area contributed by atoms with Crippen LogP contribution in [-0.2, 0) is 21.4 Å². The summed E-state index contributed by atoms with van der Waals surface area (Å²) in [6, 6.07) is 5.56. The lowest BCUT2D eigenvalue weighted by Crippen LogP contribution is -2.33. The van der Waals surface area contributed by atoms with E-state index in [1.165, 1.54) is 0 Å². The van der Waals surface area contributed by atoms with E-state index in [1.54, 1.807) is 0 Å². The van der Waals surface area contributed by atoms with Gasteiger partial charge in [0, 0.05) is 28.4 Å². The summed E-state index contributed by atoms with van der Waals surface area (Å²) in [5.41, 5.74) is 1.45. The Morgan fingerprint density at radius 1 is 1.23 bits per heavy atom. The van der Waals surface area contributed by atoms with Gasteiger partial charge in [0.2, 0.25) is 17.7 Å². The summed E-state index contributed by atoms with van der Waals surface area (Å²) in [4.78, 5) is 28.1. The van der Waals surface area contributed by atoms with Crippen molar-refractivity contribution in [3.63, 3.8) is 0 Å². The summed E-state index contributed by atoms with van der Waals surface area (Å²) >= 11 is 3.37. The Morgan fingerprint density at radius 2 is 1.96 bits per heavy atom. The van der Waals surface area contributed by atoms with E-state index in [1.807, 2.05) is 45.9 Å². The standard InChI is InChI=1S/C18H23BrN4O3/c1-11-9-12(19)5-6-13(11)21-15(25)10-20-14(24)7-8-16-22-17(23-26-16)18(2,3)4/h5-6,9H,7-8,10H2,1-4H3,(H,20,24)(H,21,25). The van der Waals surface area contributed by atoms with Crippen LogP contribution < -0.4 is 10.6 Å². The molecule has 8 heteroatoms. The monoisotopic (exact) mass is 422 g/mol. The van der Waals surface area contributed by atoms with Crippen LogP contribution in [0.2, 0.25) is 0 Å². The Kier molecular flexibility index (Phi) is 6.52. The van der Waals surface area contributed by atoms with E-state index in [-0.39, 0.29) is 30.2 Å². The zero-order chi connectivity index (χ0) is 19.3. The lowest BCUT2D eigenvalue weighted by atomic mass is 9.96. The van der Waals surface area contributed by atoms with Crippen molar-refractivity contribution in [2.24, 2.45) is 0 Å². The topological polar surface area (TPSA) is 97.1 Å². The highest BCUT2D eigenvalue weighted by Crippen LogP contribution is 2.20. The molecule has 0 saturated carbocycles. The van der Waals surface area contributed by atoms with Gasteiger partial charge in [0.05, 0.1) is 6.54 Å². The van der Waals surface area contributed by atoms with Gasteiger partial charge in [-0.05, 0) is 30.7 Å². The number of aromatic nitrogens is 2. The molecule has 0 unspecified atom stereocenters. The smallest absolute Gasteiger partial charge is 0.243 e. The van der Waals surface area contributed by atoms with Gasteiger partial charge in [0.15, 0.2) is 5.82 Å². The third kappa shape index (κ3) is 5.94. The highest BCUT2D eigenvalue weighted by atomic mass is 79.9. The maximum absolute atomic E-state index is 12.0. The molecule has 1 heterocycles. The van der Waals surface area contributed by atoms with Crippen molar-refractivity contribution < 1.29 is 14.1 Å². The highest BCUT2D eigenvalue weighted by Gasteiger charge is 2.21. The molecule has 140 valence electrons. The second-order valence-corrected chi connectivity index (χ2v) is 7.96. The van der Waals surface area contributed by atoms with Crippen molar-refractivity contribution in [2.45, 2.75) is 46.0 Å². The summed E-state index contributed by atoms with van der Waals surface area (Å²) in [7, 11) is 0. The van der Waals surface area contributed by atoms with Crippen molar-refractivity contribution in [3.8, 4) is 0 Å². The molecule has 2 N–H and O–H groups in total. The second-order valence-electron chi connectivity index (χ2n) is 7.05. The third-order valence-electron chi connectivity index (χ3n) is 3.61. The van der Waals surface area contributed by atoms with Crippen molar-refractivity contribution in [1.82, 2.24) is 15.5 Å². The molecule has 2 aromatic rings. The number of nitrogens with one attached hydrogen (secondary N) is 2. The normalized spacial score (nSPS) is 11.3. The van der Waals surface area contributed by atoms with E-state index in [9.17, 15) is 9.59 Å². The predicted octanol–water partition coefficient (Wildman–Crippen LogP) is 3.13. The quantitative estimate of drug-likeness (QED) is 0.744. The minimum Gasteiger partial charge on any atom is -0.347 e. The number of anilines is 1. The minimum atomic E-state index is -0.281. The van der Waals surface area contributed by atoms with Gasteiger partial charge in [-0.15, -0.1) is 0 Å². The summed E-state index contributed by atoms with van der Waals surface area (Å²) in [5, 5.41) is 9.28. The van der Waals surface area contributed by atoms with Gasteiger partial charge in [-0.2, -0.15) is 4.98 Å². The maximum Gasteiger partial charge on any atom is 0.243 e. The van der Waals surface area contributed by atoms with Crippen molar-refractivity contribution in [1.29, 1.82) is 0 Å². The van der Waals surface area contributed by atoms with Crippen LogP contribution in [0.25, 0.3) is 0 Å². The van der Waals surface area contributed by atoms with E-state index < -0.39 is 0 Å². The number of aryl methyl sites for hydroxylation is 2. The van der Waals surface area contributed by atoms with Crippen LogP contribution in [0, 0.1) is 6.92 Å². The number of benzene rings is 1. The maximum atomic E-state index is 12.0. The van der Waals surface area contributed by atoms with Gasteiger partial charge in [-0.1, -0.05) is 41.9 Å². The molecule has 0 bridgehead atoms. The van der Waals surface area contributed by atoms with Gasteiger partial charge in [-0.25, -0.2) is 0 Å². The van der Waals surface area contributed by atoms with Crippen LogP contribution in [0.3, 0.4) is 0 Å². The number of carbonyl (C=O) groups is 2. The van der Waals surface area contributed by atoms with Gasteiger partial charge in [0.1, 0.15) is 0 Å². The third-order valence-corrected chi connectivity index (χ3v) is 4.11. The molecule has 0 aliphatic rings. The zero-order valence-corrected chi connectivity index (χ0v) is 16.9. The van der Waals surface area contributed by atoms with Crippen molar-refractivity contribution in [2.75, 3.05) is 11.9 Å². The summed E-state index contributed by atoms with van der Waals surface area (Å²) in [6.07, 6.45) is 0.513. The Labute approximate surface area is 161 Å². The lowest BCUT2D eigenvalue weighted by molar-refractivity contribution is -0.124. The van der Waals surface area contributed by atoms with E-state index in [0.29, 0.717) is 23.8 Å². The number of nitrogens with zero attached hydrogens (tertiary/aromatic N) is 2. The first-order valence-electron chi connectivity index (χ1n) is 8.31. The average Bonchev–Trinajstić information content (AvgIpc) is 3.03. The van der Waals surface area contributed by atoms with Crippen molar-refractivity contribution >= 4 is 33.4 Å². The van der Waals surface area contributed by atoms with Crippen LogP contribution in [0.4, 0.5) is 5.69 Å². The molecule has 0 aliphatic carbocycles. The van der Waals surface area contributed by atoms with E-state index in [4.69, 9.17) is 4.52 Å². The SMILES string of the molecule is Cc1cc(Br)ccc1NC(=O)CNC(=O)CCc1nc(C(C)(C)C)no1. The summed E-state index contributed by atoms with van der Waals surface area (Å²) in [5.74, 6) is 0.497. The number of hydrogen-bond donors (Lipinski definition) is 2. The molecule has 2 rings (SSSR count).